The minimum atomic E-state index is -0.409. The van der Waals surface area contributed by atoms with Crippen LogP contribution in [0, 0.1) is 11.3 Å². The molecule has 6 heteroatoms. The zero-order valence-electron chi connectivity index (χ0n) is 27.1. The number of benzene rings is 7. The van der Waals surface area contributed by atoms with E-state index in [1.165, 1.54) is 4.90 Å². The number of nitrogens with zero attached hydrogens (tertiary/aromatic N) is 4. The van der Waals surface area contributed by atoms with Crippen LogP contribution in [0.5, 0.6) is 0 Å². The Morgan fingerprint density at radius 1 is 0.471 bits per heavy atom. The van der Waals surface area contributed by atoms with Crippen LogP contribution in [0.4, 0.5) is 5.69 Å². The maximum atomic E-state index is 13.9. The second-order valence-electron chi connectivity index (χ2n) is 12.8. The molecule has 0 spiro atoms. The number of rotatable bonds is 4. The van der Waals surface area contributed by atoms with Gasteiger partial charge in [-0.15, -0.1) is 0 Å². The average Bonchev–Trinajstić information content (AvgIpc) is 3.80. The number of fused-ring (bicyclic) bond motifs is 8. The summed E-state index contributed by atoms with van der Waals surface area (Å²) in [4.78, 5) is 29.1. The normalized spacial score (nSPS) is 12.7. The number of carbonyl (C=O) groups excluding carboxylic acids is 2. The van der Waals surface area contributed by atoms with Crippen LogP contribution in [0.3, 0.4) is 0 Å². The quantitative estimate of drug-likeness (QED) is 0.177. The second kappa shape index (κ2) is 10.9. The van der Waals surface area contributed by atoms with Crippen LogP contribution < -0.4 is 4.90 Å². The standard InChI is InChI=1S/C45H26N4O2/c46-27-28-18-24-39(41(26-28)49-44(50)34-13-4-5-14-35(34)45(49)51)48-37-16-8-6-12-32(37)33-23-25-40-42(43(33)48)36-15-7-9-17-38(36)47(40)31-21-19-30(20-22-31)29-10-2-1-3-11-29/h1-26H. The lowest BCUT2D eigenvalue weighted by atomic mass is 10.1. The summed E-state index contributed by atoms with van der Waals surface area (Å²) in [6.07, 6.45) is 0. The second-order valence-corrected chi connectivity index (χ2v) is 12.8. The van der Waals surface area contributed by atoms with E-state index < -0.39 is 11.8 Å². The largest absolute Gasteiger partial charge is 0.309 e. The van der Waals surface area contributed by atoms with Gasteiger partial charge in [-0.1, -0.05) is 97.1 Å². The maximum absolute atomic E-state index is 13.9. The minimum absolute atomic E-state index is 0.349. The molecule has 0 bridgehead atoms. The van der Waals surface area contributed by atoms with E-state index in [4.69, 9.17) is 0 Å². The van der Waals surface area contributed by atoms with Crippen molar-refractivity contribution in [2.24, 2.45) is 0 Å². The van der Waals surface area contributed by atoms with E-state index in [2.05, 4.69) is 100 Å². The van der Waals surface area contributed by atoms with Gasteiger partial charge >= 0.3 is 0 Å². The molecular formula is C45H26N4O2. The van der Waals surface area contributed by atoms with Gasteiger partial charge in [0.2, 0.25) is 0 Å². The molecule has 51 heavy (non-hydrogen) atoms. The number of para-hydroxylation sites is 2. The fourth-order valence-electron chi connectivity index (χ4n) is 7.84. The fourth-order valence-corrected chi connectivity index (χ4v) is 7.84. The van der Waals surface area contributed by atoms with Gasteiger partial charge in [0, 0.05) is 27.2 Å². The Kier molecular flexibility index (Phi) is 6.14. The number of carbonyl (C=O) groups is 2. The van der Waals surface area contributed by atoms with Crippen LogP contribution >= 0.6 is 0 Å². The summed E-state index contributed by atoms with van der Waals surface area (Å²) in [7, 11) is 0. The number of hydrogen-bond acceptors (Lipinski definition) is 3. The third-order valence-corrected chi connectivity index (χ3v) is 10.1. The van der Waals surface area contributed by atoms with Gasteiger partial charge in [0.05, 0.1) is 56.2 Å². The first-order chi connectivity index (χ1) is 25.1. The van der Waals surface area contributed by atoms with Crippen molar-refractivity contribution in [1.29, 1.82) is 5.26 Å². The molecule has 0 radical (unpaired) electrons. The van der Waals surface area contributed by atoms with Crippen LogP contribution in [-0.2, 0) is 0 Å². The maximum Gasteiger partial charge on any atom is 0.266 e. The van der Waals surface area contributed by atoms with Gasteiger partial charge in [0.1, 0.15) is 0 Å². The monoisotopic (exact) mass is 654 g/mol. The first-order valence-electron chi connectivity index (χ1n) is 16.8. The Balaban J connectivity index is 1.29. The van der Waals surface area contributed by atoms with E-state index in [0.29, 0.717) is 28.1 Å². The van der Waals surface area contributed by atoms with Crippen molar-refractivity contribution >= 4 is 61.1 Å². The van der Waals surface area contributed by atoms with Crippen molar-refractivity contribution < 1.29 is 9.59 Å². The summed E-state index contributed by atoms with van der Waals surface area (Å²) >= 11 is 0. The number of nitriles is 1. The molecule has 0 saturated heterocycles. The van der Waals surface area contributed by atoms with E-state index in [-0.39, 0.29) is 0 Å². The van der Waals surface area contributed by atoms with Gasteiger partial charge in [0.25, 0.3) is 11.8 Å². The molecule has 0 atom stereocenters. The summed E-state index contributed by atoms with van der Waals surface area (Å²) in [5.74, 6) is -0.818. The van der Waals surface area contributed by atoms with Crippen LogP contribution in [0.2, 0.25) is 0 Å². The molecule has 7 aromatic carbocycles. The molecule has 3 heterocycles. The summed E-state index contributed by atoms with van der Waals surface area (Å²) in [5.41, 5.74) is 9.34. The molecule has 1 aliphatic rings. The van der Waals surface area contributed by atoms with E-state index in [1.54, 1.807) is 36.4 Å². The Hall–Kier alpha value is -7.23. The van der Waals surface area contributed by atoms with E-state index in [0.717, 1.165) is 60.4 Å². The molecule has 0 aliphatic carbocycles. The van der Waals surface area contributed by atoms with Crippen LogP contribution in [0.25, 0.3) is 66.1 Å². The lowest BCUT2D eigenvalue weighted by Crippen LogP contribution is -2.30. The zero-order valence-corrected chi connectivity index (χ0v) is 27.1. The Bertz CT molecular complexity index is 2930. The molecule has 0 N–H and O–H groups in total. The summed E-state index contributed by atoms with van der Waals surface area (Å²) in [6, 6.07) is 54.3. The van der Waals surface area contributed by atoms with Crippen molar-refractivity contribution in [3.8, 4) is 28.6 Å². The molecule has 6 nitrogen and oxygen atoms in total. The topological polar surface area (TPSA) is 71.0 Å². The predicted octanol–water partition coefficient (Wildman–Crippen LogP) is 10.2. The number of aromatic nitrogens is 2. The van der Waals surface area contributed by atoms with Gasteiger partial charge < -0.3 is 9.13 Å². The molecule has 0 saturated carbocycles. The van der Waals surface area contributed by atoms with Crippen LogP contribution in [0.1, 0.15) is 26.3 Å². The Morgan fingerprint density at radius 2 is 1.08 bits per heavy atom. The smallest absolute Gasteiger partial charge is 0.266 e. The first-order valence-corrected chi connectivity index (χ1v) is 16.8. The van der Waals surface area contributed by atoms with Crippen molar-refractivity contribution in [3.05, 3.63) is 174 Å². The first kappa shape index (κ1) is 28.8. The van der Waals surface area contributed by atoms with Gasteiger partial charge in [-0.25, -0.2) is 4.90 Å². The minimum Gasteiger partial charge on any atom is -0.309 e. The highest BCUT2D eigenvalue weighted by Crippen LogP contribution is 2.44. The van der Waals surface area contributed by atoms with E-state index in [1.807, 2.05) is 36.4 Å². The van der Waals surface area contributed by atoms with Crippen molar-refractivity contribution in [2.75, 3.05) is 4.90 Å². The molecule has 1 aliphatic heterocycles. The average molecular weight is 655 g/mol. The third kappa shape index (κ3) is 4.09. The van der Waals surface area contributed by atoms with E-state index in [9.17, 15) is 14.9 Å². The van der Waals surface area contributed by atoms with Gasteiger partial charge in [-0.3, -0.25) is 9.59 Å². The van der Waals surface area contributed by atoms with Crippen LogP contribution in [0.15, 0.2) is 158 Å². The number of anilines is 1. The predicted molar refractivity (Wildman–Crippen MR) is 203 cm³/mol. The van der Waals surface area contributed by atoms with Gasteiger partial charge in [-0.2, -0.15) is 5.26 Å². The number of hydrogen-bond donors (Lipinski definition) is 0. The molecule has 10 rings (SSSR count). The Morgan fingerprint density at radius 3 is 1.78 bits per heavy atom. The zero-order chi connectivity index (χ0) is 34.2. The SMILES string of the molecule is N#Cc1ccc(-n2c3ccccc3c3ccc4c(c5ccccc5n4-c4ccc(-c5ccccc5)cc4)c32)c(N2C(=O)c3ccccc3C2=O)c1. The Labute approximate surface area is 292 Å². The highest BCUT2D eigenvalue weighted by atomic mass is 16.2. The molecule has 238 valence electrons. The lowest BCUT2D eigenvalue weighted by molar-refractivity contribution is 0.0926. The van der Waals surface area contributed by atoms with Crippen LogP contribution in [-0.4, -0.2) is 20.9 Å². The highest BCUT2D eigenvalue weighted by molar-refractivity contribution is 6.35. The van der Waals surface area contributed by atoms with Gasteiger partial charge in [-0.05, 0) is 71.8 Å². The molecular weight excluding hydrogens is 629 g/mol. The molecule has 2 aromatic heterocycles. The molecule has 9 aromatic rings. The van der Waals surface area contributed by atoms with Crippen molar-refractivity contribution in [1.82, 2.24) is 9.13 Å². The summed E-state index contributed by atoms with van der Waals surface area (Å²) < 4.78 is 4.45. The third-order valence-electron chi connectivity index (χ3n) is 10.1. The molecule has 0 fully saturated rings. The molecule has 0 unspecified atom stereocenters. The van der Waals surface area contributed by atoms with Crippen molar-refractivity contribution in [3.63, 3.8) is 0 Å². The van der Waals surface area contributed by atoms with E-state index >= 15 is 0 Å². The molecule has 2 amide bonds. The van der Waals surface area contributed by atoms with Crippen molar-refractivity contribution in [2.45, 2.75) is 0 Å². The summed E-state index contributed by atoms with van der Waals surface area (Å²) in [6.45, 7) is 0. The summed E-state index contributed by atoms with van der Waals surface area (Å²) in [5, 5.41) is 14.2. The lowest BCUT2D eigenvalue weighted by Gasteiger charge is -2.21. The van der Waals surface area contributed by atoms with Gasteiger partial charge in [0.15, 0.2) is 0 Å². The highest BCUT2D eigenvalue weighted by Gasteiger charge is 2.38. The number of amides is 2. The number of imide groups is 1. The fraction of sp³-hybridized carbons (Fsp3) is 0.